The maximum atomic E-state index is 12.6. The summed E-state index contributed by atoms with van der Waals surface area (Å²) in [6, 6.07) is 14.2. The van der Waals surface area contributed by atoms with Gasteiger partial charge < -0.3 is 5.11 Å². The van der Waals surface area contributed by atoms with Crippen molar-refractivity contribution < 1.29 is 14.7 Å². The van der Waals surface area contributed by atoms with Gasteiger partial charge in [0.15, 0.2) is 0 Å². The monoisotopic (exact) mass is 403 g/mol. The lowest BCUT2D eigenvalue weighted by Gasteiger charge is -2.13. The molecule has 1 N–H and O–H groups in total. The minimum atomic E-state index is -0.817. The summed E-state index contributed by atoms with van der Waals surface area (Å²) in [5.41, 5.74) is 1.16. The second-order valence-corrected chi connectivity index (χ2v) is 8.54. The quantitative estimate of drug-likeness (QED) is 0.406. The molecule has 4 nitrogen and oxygen atoms in total. The van der Waals surface area contributed by atoms with Crippen LogP contribution in [0.4, 0.5) is 0 Å². The number of rotatable bonds is 7. The molecule has 2 aromatic rings. The summed E-state index contributed by atoms with van der Waals surface area (Å²) in [5.74, 6) is -0.910. The lowest BCUT2D eigenvalue weighted by Crippen LogP contribution is -2.29. The fourth-order valence-electron chi connectivity index (χ4n) is 2.56. The van der Waals surface area contributed by atoms with Crippen molar-refractivity contribution in [3.63, 3.8) is 0 Å². The highest BCUT2D eigenvalue weighted by atomic mass is 32.2. The second-order valence-electron chi connectivity index (χ2n) is 5.75. The Morgan fingerprint density at radius 3 is 2.65 bits per heavy atom. The summed E-state index contributed by atoms with van der Waals surface area (Å²) < 4.78 is 0.538. The first-order chi connectivity index (χ1) is 12.5. The van der Waals surface area contributed by atoms with E-state index in [-0.39, 0.29) is 12.3 Å². The Morgan fingerprint density at radius 1 is 1.15 bits per heavy atom. The average molecular weight is 404 g/mol. The number of hydrogen-bond donors (Lipinski definition) is 1. The van der Waals surface area contributed by atoms with Crippen LogP contribution < -0.4 is 0 Å². The van der Waals surface area contributed by atoms with E-state index in [1.165, 1.54) is 11.8 Å². The number of thioether (sulfide) groups is 1. The normalized spacial score (nSPS) is 15.8. The number of carboxylic acid groups (broad SMARTS) is 1. The summed E-state index contributed by atoms with van der Waals surface area (Å²) in [6.45, 7) is 0.467. The van der Waals surface area contributed by atoms with Gasteiger partial charge in [-0.05, 0) is 36.6 Å². The molecule has 3 rings (SSSR count). The van der Waals surface area contributed by atoms with E-state index in [2.05, 4.69) is 18.2 Å². The van der Waals surface area contributed by atoms with Crippen LogP contribution >= 0.6 is 35.3 Å². The molecule has 26 heavy (non-hydrogen) atoms. The van der Waals surface area contributed by atoms with E-state index in [1.807, 2.05) is 30.3 Å². The van der Waals surface area contributed by atoms with E-state index >= 15 is 0 Å². The number of nitrogens with zero attached hydrogens (tertiary/aromatic N) is 1. The average Bonchev–Trinajstić information content (AvgIpc) is 3.19. The van der Waals surface area contributed by atoms with Crippen LogP contribution in [0.5, 0.6) is 0 Å². The molecule has 2 heterocycles. The smallest absolute Gasteiger partial charge is 0.303 e. The molecule has 0 radical (unpaired) electrons. The number of amides is 1. The van der Waals surface area contributed by atoms with Crippen molar-refractivity contribution >= 4 is 57.6 Å². The second kappa shape index (κ2) is 8.62. The lowest BCUT2D eigenvalue weighted by molar-refractivity contribution is -0.137. The summed E-state index contributed by atoms with van der Waals surface area (Å²) in [6.07, 6.45) is 3.16. The highest BCUT2D eigenvalue weighted by Crippen LogP contribution is 2.35. The number of thiophene rings is 1. The Hall–Kier alpha value is -1.96. The largest absolute Gasteiger partial charge is 0.481 e. The fourth-order valence-corrected chi connectivity index (χ4v) is 4.89. The third kappa shape index (κ3) is 4.60. The predicted octanol–water partition coefficient (Wildman–Crippen LogP) is 4.87. The van der Waals surface area contributed by atoms with Crippen molar-refractivity contribution in [2.75, 3.05) is 6.54 Å². The van der Waals surface area contributed by atoms with Crippen LogP contribution in [0.25, 0.3) is 16.5 Å². The van der Waals surface area contributed by atoms with Gasteiger partial charge in [0.05, 0.1) is 4.91 Å². The van der Waals surface area contributed by atoms with Gasteiger partial charge in [0.1, 0.15) is 4.32 Å². The first kappa shape index (κ1) is 18.8. The van der Waals surface area contributed by atoms with Crippen LogP contribution in [-0.2, 0) is 9.59 Å². The van der Waals surface area contributed by atoms with Crippen molar-refractivity contribution in [3.05, 3.63) is 52.2 Å². The minimum Gasteiger partial charge on any atom is -0.481 e. The fraction of sp³-hybridized carbons (Fsp3) is 0.211. The Morgan fingerprint density at radius 2 is 1.92 bits per heavy atom. The first-order valence-electron chi connectivity index (χ1n) is 8.17. The number of unbranched alkanes of at least 4 members (excludes halogenated alkanes) is 1. The number of carbonyl (C=O) groups is 2. The standard InChI is InChI=1S/C19H17NO3S3/c21-17(22)8-4-5-11-20-18(23)16(26-19(20)24)12-14-9-10-15(25-14)13-6-2-1-3-7-13/h1-3,6-7,9-10,12H,4-5,8,11H2,(H,21,22)/b16-12+. The number of hydrogen-bond acceptors (Lipinski definition) is 5. The third-order valence-electron chi connectivity index (χ3n) is 3.85. The number of benzene rings is 1. The number of thiocarbonyl (C=S) groups is 1. The summed E-state index contributed by atoms with van der Waals surface area (Å²) >= 11 is 8.25. The van der Waals surface area contributed by atoms with Crippen LogP contribution in [0.2, 0.25) is 0 Å². The topological polar surface area (TPSA) is 57.6 Å². The predicted molar refractivity (Wildman–Crippen MR) is 111 cm³/mol. The zero-order chi connectivity index (χ0) is 18.5. The van der Waals surface area contributed by atoms with Crippen LogP contribution in [0.3, 0.4) is 0 Å². The van der Waals surface area contributed by atoms with Gasteiger partial charge in [-0.15, -0.1) is 11.3 Å². The van der Waals surface area contributed by atoms with Crippen LogP contribution in [0, 0.1) is 0 Å². The van der Waals surface area contributed by atoms with Crippen LogP contribution in [0.15, 0.2) is 47.4 Å². The van der Waals surface area contributed by atoms with Gasteiger partial charge in [-0.25, -0.2) is 0 Å². The van der Waals surface area contributed by atoms with Gasteiger partial charge >= 0.3 is 5.97 Å². The van der Waals surface area contributed by atoms with Gasteiger partial charge in [0, 0.05) is 22.7 Å². The van der Waals surface area contributed by atoms with Crippen LogP contribution in [-0.4, -0.2) is 32.7 Å². The molecule has 1 aromatic heterocycles. The molecule has 1 saturated heterocycles. The molecule has 0 spiro atoms. The Balaban J connectivity index is 1.66. The number of carbonyl (C=O) groups excluding carboxylic acids is 1. The summed E-state index contributed by atoms with van der Waals surface area (Å²) in [5, 5.41) is 8.68. The molecule has 0 saturated carbocycles. The van der Waals surface area contributed by atoms with E-state index in [0.717, 1.165) is 15.3 Å². The van der Waals surface area contributed by atoms with E-state index < -0.39 is 5.97 Å². The molecular weight excluding hydrogens is 386 g/mol. The molecule has 1 aliphatic rings. The number of carboxylic acids is 1. The van der Waals surface area contributed by atoms with Gasteiger partial charge in [-0.2, -0.15) is 0 Å². The molecule has 1 aliphatic heterocycles. The Kier molecular flexibility index (Phi) is 6.24. The SMILES string of the molecule is O=C(O)CCCCN1C(=O)/C(=C\c2ccc(-c3ccccc3)s2)SC1=S. The molecule has 134 valence electrons. The third-order valence-corrected chi connectivity index (χ3v) is 6.31. The van der Waals surface area contributed by atoms with Crippen molar-refractivity contribution in [3.8, 4) is 10.4 Å². The molecular formula is C19H17NO3S3. The van der Waals surface area contributed by atoms with Gasteiger partial charge in [0.25, 0.3) is 5.91 Å². The summed E-state index contributed by atoms with van der Waals surface area (Å²) in [4.78, 5) is 27.5. The molecule has 0 unspecified atom stereocenters. The van der Waals surface area contributed by atoms with E-state index in [4.69, 9.17) is 17.3 Å². The maximum Gasteiger partial charge on any atom is 0.303 e. The highest BCUT2D eigenvalue weighted by Gasteiger charge is 2.31. The van der Waals surface area contributed by atoms with Crippen LogP contribution in [0.1, 0.15) is 24.1 Å². The zero-order valence-electron chi connectivity index (χ0n) is 13.9. The van der Waals surface area contributed by atoms with E-state index in [0.29, 0.717) is 28.6 Å². The molecule has 1 fully saturated rings. The van der Waals surface area contributed by atoms with E-state index in [1.54, 1.807) is 16.2 Å². The molecule has 0 bridgehead atoms. The van der Waals surface area contributed by atoms with Crippen molar-refractivity contribution in [1.82, 2.24) is 4.90 Å². The highest BCUT2D eigenvalue weighted by molar-refractivity contribution is 8.26. The van der Waals surface area contributed by atoms with E-state index in [9.17, 15) is 9.59 Å². The molecule has 0 aliphatic carbocycles. The number of aliphatic carboxylic acids is 1. The van der Waals surface area contributed by atoms with Crippen molar-refractivity contribution in [2.24, 2.45) is 0 Å². The molecule has 0 atom stereocenters. The van der Waals surface area contributed by atoms with Crippen molar-refractivity contribution in [1.29, 1.82) is 0 Å². The first-order valence-corrected chi connectivity index (χ1v) is 10.2. The Bertz CT molecular complexity index is 858. The minimum absolute atomic E-state index is 0.0926. The van der Waals surface area contributed by atoms with Gasteiger partial charge in [-0.1, -0.05) is 54.3 Å². The zero-order valence-corrected chi connectivity index (χ0v) is 16.3. The van der Waals surface area contributed by atoms with Crippen molar-refractivity contribution in [2.45, 2.75) is 19.3 Å². The Labute approximate surface area is 165 Å². The maximum absolute atomic E-state index is 12.6. The lowest BCUT2D eigenvalue weighted by atomic mass is 10.2. The molecule has 7 heteroatoms. The van der Waals surface area contributed by atoms with Gasteiger partial charge in [0.2, 0.25) is 0 Å². The molecule has 1 amide bonds. The molecule has 1 aromatic carbocycles. The van der Waals surface area contributed by atoms with Gasteiger partial charge in [-0.3, -0.25) is 14.5 Å². The summed E-state index contributed by atoms with van der Waals surface area (Å²) in [7, 11) is 0.